The number of likely N-dealkylation sites (tertiary alicyclic amines) is 1. The maximum absolute atomic E-state index is 12.1. The first-order valence-electron chi connectivity index (χ1n) is 7.88. The molecule has 3 rings (SSSR count). The molecule has 0 spiro atoms. The topological polar surface area (TPSA) is 67.2 Å². The molecule has 2 aliphatic rings. The van der Waals surface area contributed by atoms with Gasteiger partial charge in [0, 0.05) is 49.9 Å². The molecule has 1 N–H and O–H groups in total. The molecule has 0 radical (unpaired) electrons. The average molecular weight is 302 g/mol. The summed E-state index contributed by atoms with van der Waals surface area (Å²) in [7, 11) is 1.85. The van der Waals surface area contributed by atoms with Crippen LogP contribution in [0.5, 0.6) is 0 Å². The van der Waals surface area contributed by atoms with Crippen molar-refractivity contribution < 1.29 is 9.59 Å². The van der Waals surface area contributed by atoms with Gasteiger partial charge in [0.05, 0.1) is 6.20 Å². The minimum absolute atomic E-state index is 0.0239. The lowest BCUT2D eigenvalue weighted by Crippen LogP contribution is -2.46. The Balaban J connectivity index is 1.45. The van der Waals surface area contributed by atoms with E-state index in [4.69, 9.17) is 0 Å². The van der Waals surface area contributed by atoms with Gasteiger partial charge in [-0.25, -0.2) is 0 Å². The Hall–Kier alpha value is -2.11. The number of aromatic nitrogens is 2. The van der Waals surface area contributed by atoms with Crippen molar-refractivity contribution in [2.45, 2.75) is 31.7 Å². The molecule has 22 heavy (non-hydrogen) atoms. The van der Waals surface area contributed by atoms with Crippen molar-refractivity contribution >= 4 is 17.9 Å². The largest absolute Gasteiger partial charge is 0.353 e. The Morgan fingerprint density at radius 1 is 1.27 bits per heavy atom. The van der Waals surface area contributed by atoms with Crippen LogP contribution in [0.3, 0.4) is 0 Å². The van der Waals surface area contributed by atoms with E-state index in [1.807, 2.05) is 18.1 Å². The maximum Gasteiger partial charge on any atom is 0.246 e. The van der Waals surface area contributed by atoms with E-state index in [2.05, 4.69) is 10.4 Å². The summed E-state index contributed by atoms with van der Waals surface area (Å²) in [6.45, 7) is 1.40. The van der Waals surface area contributed by atoms with Crippen LogP contribution in [-0.2, 0) is 16.6 Å². The van der Waals surface area contributed by atoms with Gasteiger partial charge in [-0.1, -0.05) is 0 Å². The quantitative estimate of drug-likeness (QED) is 0.842. The summed E-state index contributed by atoms with van der Waals surface area (Å²) in [4.78, 5) is 25.7. The number of carbonyl (C=O) groups excluding carboxylic acids is 2. The van der Waals surface area contributed by atoms with Crippen LogP contribution in [0.2, 0.25) is 0 Å². The second-order valence-corrected chi connectivity index (χ2v) is 6.16. The lowest BCUT2D eigenvalue weighted by Gasteiger charge is -2.31. The van der Waals surface area contributed by atoms with E-state index < -0.39 is 0 Å². The Kier molecular flexibility index (Phi) is 4.27. The van der Waals surface area contributed by atoms with Crippen molar-refractivity contribution in [1.29, 1.82) is 0 Å². The zero-order valence-corrected chi connectivity index (χ0v) is 12.9. The van der Waals surface area contributed by atoms with Crippen LogP contribution < -0.4 is 5.32 Å². The Morgan fingerprint density at radius 2 is 2.00 bits per heavy atom. The molecule has 0 bridgehead atoms. The predicted octanol–water partition coefficient (Wildman–Crippen LogP) is 0.950. The molecular weight excluding hydrogens is 280 g/mol. The van der Waals surface area contributed by atoms with Gasteiger partial charge in [0.1, 0.15) is 0 Å². The molecule has 1 saturated heterocycles. The molecule has 6 nitrogen and oxygen atoms in total. The van der Waals surface area contributed by atoms with Crippen LogP contribution in [0.15, 0.2) is 18.5 Å². The van der Waals surface area contributed by atoms with Crippen molar-refractivity contribution in [3.63, 3.8) is 0 Å². The Morgan fingerprint density at radius 3 is 2.59 bits per heavy atom. The lowest BCUT2D eigenvalue weighted by atomic mass is 10.0. The number of amides is 2. The number of nitrogens with one attached hydrogen (secondary N) is 1. The smallest absolute Gasteiger partial charge is 0.246 e. The molecule has 6 heteroatoms. The molecule has 118 valence electrons. The highest BCUT2D eigenvalue weighted by atomic mass is 16.2. The van der Waals surface area contributed by atoms with Gasteiger partial charge >= 0.3 is 0 Å². The summed E-state index contributed by atoms with van der Waals surface area (Å²) < 4.78 is 1.71. The Bertz CT molecular complexity index is 581. The molecule has 1 aromatic heterocycles. The van der Waals surface area contributed by atoms with Gasteiger partial charge in [-0.05, 0) is 31.8 Å². The summed E-state index contributed by atoms with van der Waals surface area (Å²) in [6, 6.07) is 0.222. The van der Waals surface area contributed by atoms with Crippen LogP contribution in [0.4, 0.5) is 0 Å². The van der Waals surface area contributed by atoms with Crippen LogP contribution in [0.1, 0.15) is 31.2 Å². The predicted molar refractivity (Wildman–Crippen MR) is 82.7 cm³/mol. The van der Waals surface area contributed by atoms with Crippen molar-refractivity contribution in [2.24, 2.45) is 13.0 Å². The molecule has 1 aliphatic carbocycles. The highest BCUT2D eigenvalue weighted by Crippen LogP contribution is 2.29. The first-order valence-corrected chi connectivity index (χ1v) is 7.88. The number of carbonyl (C=O) groups is 2. The zero-order chi connectivity index (χ0) is 15.5. The molecule has 1 aromatic rings. The number of nitrogens with zero attached hydrogens (tertiary/aromatic N) is 3. The highest BCUT2D eigenvalue weighted by Gasteiger charge is 2.32. The minimum atomic E-state index is 0.0239. The number of rotatable bonds is 4. The third-order valence-corrected chi connectivity index (χ3v) is 4.24. The van der Waals surface area contributed by atoms with Gasteiger partial charge in [0.2, 0.25) is 11.8 Å². The molecule has 2 amide bonds. The molecule has 2 fully saturated rings. The molecular formula is C16H22N4O2. The minimum Gasteiger partial charge on any atom is -0.353 e. The van der Waals surface area contributed by atoms with Gasteiger partial charge in [-0.15, -0.1) is 0 Å². The summed E-state index contributed by atoms with van der Waals surface area (Å²) >= 11 is 0. The first-order chi connectivity index (χ1) is 10.6. The Labute approximate surface area is 130 Å². The molecule has 2 heterocycles. The summed E-state index contributed by atoms with van der Waals surface area (Å²) in [5, 5.41) is 7.16. The molecule has 0 unspecified atom stereocenters. The fourth-order valence-electron chi connectivity index (χ4n) is 2.71. The second kappa shape index (κ2) is 6.34. The van der Waals surface area contributed by atoms with Gasteiger partial charge in [0.25, 0.3) is 0 Å². The van der Waals surface area contributed by atoms with Crippen molar-refractivity contribution in [1.82, 2.24) is 20.0 Å². The SMILES string of the molecule is Cn1cc(C=CC(=O)N2CCC(NC(=O)C3CC3)CC2)cn1. The fraction of sp³-hybridized carbons (Fsp3) is 0.562. The van der Waals surface area contributed by atoms with Crippen molar-refractivity contribution in [2.75, 3.05) is 13.1 Å². The van der Waals surface area contributed by atoms with E-state index in [-0.39, 0.29) is 23.8 Å². The van der Waals surface area contributed by atoms with Crippen LogP contribution in [-0.4, -0.2) is 45.6 Å². The van der Waals surface area contributed by atoms with E-state index in [1.54, 1.807) is 23.0 Å². The highest BCUT2D eigenvalue weighted by molar-refractivity contribution is 5.91. The lowest BCUT2D eigenvalue weighted by molar-refractivity contribution is -0.127. The van der Waals surface area contributed by atoms with E-state index in [0.29, 0.717) is 13.1 Å². The van der Waals surface area contributed by atoms with Gasteiger partial charge < -0.3 is 10.2 Å². The van der Waals surface area contributed by atoms with Gasteiger partial charge in [-0.2, -0.15) is 5.10 Å². The van der Waals surface area contributed by atoms with E-state index in [0.717, 1.165) is 31.2 Å². The van der Waals surface area contributed by atoms with Crippen molar-refractivity contribution in [3.05, 3.63) is 24.0 Å². The van der Waals surface area contributed by atoms with E-state index in [1.165, 1.54) is 0 Å². The van der Waals surface area contributed by atoms with Crippen LogP contribution in [0.25, 0.3) is 6.08 Å². The van der Waals surface area contributed by atoms with Gasteiger partial charge in [0.15, 0.2) is 0 Å². The van der Waals surface area contributed by atoms with Gasteiger partial charge in [-0.3, -0.25) is 14.3 Å². The average Bonchev–Trinajstić information content (AvgIpc) is 3.29. The zero-order valence-electron chi connectivity index (χ0n) is 12.9. The first kappa shape index (κ1) is 14.8. The maximum atomic E-state index is 12.1. The fourth-order valence-corrected chi connectivity index (χ4v) is 2.71. The number of hydrogen-bond donors (Lipinski definition) is 1. The third kappa shape index (κ3) is 3.75. The normalized spacial score (nSPS) is 19.6. The summed E-state index contributed by atoms with van der Waals surface area (Å²) in [5.74, 6) is 0.471. The van der Waals surface area contributed by atoms with Crippen molar-refractivity contribution in [3.8, 4) is 0 Å². The number of hydrogen-bond acceptors (Lipinski definition) is 3. The van der Waals surface area contributed by atoms with E-state index >= 15 is 0 Å². The second-order valence-electron chi connectivity index (χ2n) is 6.16. The summed E-state index contributed by atoms with van der Waals surface area (Å²) in [6.07, 6.45) is 10.7. The van der Waals surface area contributed by atoms with Crippen LogP contribution >= 0.6 is 0 Å². The monoisotopic (exact) mass is 302 g/mol. The van der Waals surface area contributed by atoms with Crippen LogP contribution in [0, 0.1) is 5.92 Å². The summed E-state index contributed by atoms with van der Waals surface area (Å²) in [5.41, 5.74) is 0.919. The third-order valence-electron chi connectivity index (χ3n) is 4.24. The molecule has 1 aliphatic heterocycles. The molecule has 0 aromatic carbocycles. The van der Waals surface area contributed by atoms with E-state index in [9.17, 15) is 9.59 Å². The standard InChI is InChI=1S/C16H22N4O2/c1-19-11-12(10-17-19)2-5-15(21)20-8-6-14(7-9-20)18-16(22)13-3-4-13/h2,5,10-11,13-14H,3-4,6-9H2,1H3,(H,18,22). The molecule has 1 saturated carbocycles. The number of piperidine rings is 1. The number of aryl methyl sites for hydroxylation is 1. The molecule has 0 atom stereocenters.